The van der Waals surface area contributed by atoms with E-state index in [-0.39, 0.29) is 6.10 Å². The van der Waals surface area contributed by atoms with Gasteiger partial charge in [0.05, 0.1) is 6.61 Å². The Morgan fingerprint density at radius 1 is 1.71 bits per heavy atom. The highest BCUT2D eigenvalue weighted by Crippen LogP contribution is 1.96. The lowest BCUT2D eigenvalue weighted by atomic mass is 10.3. The van der Waals surface area contributed by atoms with Crippen molar-refractivity contribution in [3.05, 3.63) is 0 Å². The van der Waals surface area contributed by atoms with Crippen LogP contribution in [0.2, 0.25) is 0 Å². The molecule has 14 heavy (non-hydrogen) atoms. The fourth-order valence-electron chi connectivity index (χ4n) is 1.15. The number of oxime groups is 1. The van der Waals surface area contributed by atoms with Crippen LogP contribution in [0.15, 0.2) is 5.16 Å². The number of hydrogen-bond acceptors (Lipinski definition) is 4. The molecule has 0 unspecified atom stereocenters. The number of nitrogens with zero attached hydrogens (tertiary/aromatic N) is 1. The lowest BCUT2D eigenvalue weighted by Crippen LogP contribution is -2.40. The summed E-state index contributed by atoms with van der Waals surface area (Å²) in [5.74, 6) is 5.55. The summed E-state index contributed by atoms with van der Waals surface area (Å²) in [6.07, 6.45) is 0.106. The lowest BCUT2D eigenvalue weighted by molar-refractivity contribution is -0.0301. The molecule has 0 radical (unpaired) electrons. The predicted molar refractivity (Wildman–Crippen MR) is 55.1 cm³/mol. The molecule has 0 aromatic heterocycles. The van der Waals surface area contributed by atoms with Crippen LogP contribution in [0.5, 0.6) is 0 Å². The van der Waals surface area contributed by atoms with Crippen LogP contribution >= 0.6 is 0 Å². The number of nitrogens with one attached hydrogen (secondary N) is 1. The minimum Gasteiger partial charge on any atom is -0.392 e. The second-order valence-electron chi connectivity index (χ2n) is 3.04. The normalized spacial score (nSPS) is 22.4. The van der Waals surface area contributed by atoms with E-state index in [2.05, 4.69) is 22.3 Å². The van der Waals surface area contributed by atoms with Gasteiger partial charge >= 0.3 is 0 Å². The number of ether oxygens (including phenoxy) is 1. The third-order valence-electron chi connectivity index (χ3n) is 1.77. The zero-order valence-electron chi connectivity index (χ0n) is 8.67. The highest BCUT2D eigenvalue weighted by molar-refractivity contribution is 5.97. The standard InChI is InChI=1S/C10H16N2O2/c1-3-4-9(2)12-14-8-10-7-11-5-6-13-10/h10-11H,5-8H2,1-2H3/b12-9-/t10-/m1/s1. The van der Waals surface area contributed by atoms with Gasteiger partial charge < -0.3 is 14.9 Å². The smallest absolute Gasteiger partial charge is 0.144 e. The van der Waals surface area contributed by atoms with Gasteiger partial charge in [0.25, 0.3) is 0 Å². The van der Waals surface area contributed by atoms with Gasteiger partial charge in [0.15, 0.2) is 0 Å². The maximum atomic E-state index is 5.43. The van der Waals surface area contributed by atoms with Crippen molar-refractivity contribution in [2.24, 2.45) is 5.16 Å². The van der Waals surface area contributed by atoms with Crippen molar-refractivity contribution in [2.75, 3.05) is 26.3 Å². The molecule has 0 saturated carbocycles. The summed E-state index contributed by atoms with van der Waals surface area (Å²) in [7, 11) is 0. The molecule has 4 heteroatoms. The third kappa shape index (κ3) is 4.26. The Balaban J connectivity index is 2.18. The van der Waals surface area contributed by atoms with Crippen molar-refractivity contribution in [2.45, 2.75) is 20.0 Å². The summed E-state index contributed by atoms with van der Waals surface area (Å²) in [4.78, 5) is 5.11. The molecule has 1 rings (SSSR count). The Kier molecular flexibility index (Phi) is 5.05. The summed E-state index contributed by atoms with van der Waals surface area (Å²) >= 11 is 0. The fraction of sp³-hybridized carbons (Fsp3) is 0.700. The van der Waals surface area contributed by atoms with E-state index in [0.29, 0.717) is 12.3 Å². The summed E-state index contributed by atoms with van der Waals surface area (Å²) in [6, 6.07) is 0. The van der Waals surface area contributed by atoms with Gasteiger partial charge in [0.1, 0.15) is 18.4 Å². The van der Waals surface area contributed by atoms with Crippen LogP contribution in [-0.2, 0) is 9.57 Å². The van der Waals surface area contributed by atoms with Crippen LogP contribution in [0.3, 0.4) is 0 Å². The minimum atomic E-state index is 0.106. The van der Waals surface area contributed by atoms with E-state index in [1.807, 2.05) is 6.92 Å². The molecule has 1 heterocycles. The first-order valence-corrected chi connectivity index (χ1v) is 4.74. The number of rotatable bonds is 3. The summed E-state index contributed by atoms with van der Waals surface area (Å²) in [5.41, 5.74) is 0.691. The van der Waals surface area contributed by atoms with Crippen molar-refractivity contribution in [1.82, 2.24) is 5.32 Å². The maximum absolute atomic E-state index is 5.43. The van der Waals surface area contributed by atoms with Gasteiger partial charge in [-0.15, -0.1) is 0 Å². The predicted octanol–water partition coefficient (Wildman–Crippen LogP) is 0.391. The topological polar surface area (TPSA) is 42.8 Å². The van der Waals surface area contributed by atoms with E-state index < -0.39 is 0 Å². The van der Waals surface area contributed by atoms with Gasteiger partial charge in [-0.25, -0.2) is 0 Å². The third-order valence-corrected chi connectivity index (χ3v) is 1.77. The largest absolute Gasteiger partial charge is 0.392 e. The molecule has 0 bridgehead atoms. The van der Waals surface area contributed by atoms with Crippen molar-refractivity contribution in [3.63, 3.8) is 0 Å². The molecular formula is C10H16N2O2. The van der Waals surface area contributed by atoms with Gasteiger partial charge in [-0.1, -0.05) is 11.1 Å². The zero-order valence-corrected chi connectivity index (χ0v) is 8.67. The Bertz CT molecular complexity index is 247. The highest BCUT2D eigenvalue weighted by atomic mass is 16.6. The van der Waals surface area contributed by atoms with E-state index in [9.17, 15) is 0 Å². The van der Waals surface area contributed by atoms with E-state index in [1.54, 1.807) is 6.92 Å². The Morgan fingerprint density at radius 3 is 3.21 bits per heavy atom. The van der Waals surface area contributed by atoms with Crippen LogP contribution in [0, 0.1) is 11.8 Å². The number of hydrogen-bond donors (Lipinski definition) is 1. The van der Waals surface area contributed by atoms with Gasteiger partial charge in [0, 0.05) is 13.1 Å². The average molecular weight is 196 g/mol. The second kappa shape index (κ2) is 6.41. The molecule has 78 valence electrons. The van der Waals surface area contributed by atoms with Crippen molar-refractivity contribution in [3.8, 4) is 11.8 Å². The molecule has 1 saturated heterocycles. The van der Waals surface area contributed by atoms with Gasteiger partial charge in [-0.3, -0.25) is 0 Å². The van der Waals surface area contributed by atoms with E-state index in [1.165, 1.54) is 0 Å². The summed E-state index contributed by atoms with van der Waals surface area (Å²) in [5, 5.41) is 7.06. The van der Waals surface area contributed by atoms with E-state index >= 15 is 0 Å². The van der Waals surface area contributed by atoms with Crippen LogP contribution in [0.1, 0.15) is 13.8 Å². The first-order valence-electron chi connectivity index (χ1n) is 4.74. The van der Waals surface area contributed by atoms with Gasteiger partial charge in [-0.2, -0.15) is 0 Å². The van der Waals surface area contributed by atoms with Gasteiger partial charge in [-0.05, 0) is 19.8 Å². The molecule has 1 N–H and O–H groups in total. The minimum absolute atomic E-state index is 0.106. The first kappa shape index (κ1) is 11.0. The van der Waals surface area contributed by atoms with Crippen LogP contribution in [-0.4, -0.2) is 38.1 Å². The van der Waals surface area contributed by atoms with Gasteiger partial charge in [0.2, 0.25) is 0 Å². The average Bonchev–Trinajstić information content (AvgIpc) is 2.20. The molecule has 0 aromatic carbocycles. The second-order valence-corrected chi connectivity index (χ2v) is 3.04. The Morgan fingerprint density at radius 2 is 2.57 bits per heavy atom. The van der Waals surface area contributed by atoms with Crippen LogP contribution in [0.25, 0.3) is 0 Å². The molecule has 0 aliphatic carbocycles. The molecule has 0 aromatic rings. The zero-order chi connectivity index (χ0) is 10.2. The molecule has 1 aliphatic heterocycles. The molecule has 4 nitrogen and oxygen atoms in total. The lowest BCUT2D eigenvalue weighted by Gasteiger charge is -2.22. The Labute approximate surface area is 84.6 Å². The van der Waals surface area contributed by atoms with Crippen LogP contribution < -0.4 is 5.32 Å². The molecule has 1 aliphatic rings. The summed E-state index contributed by atoms with van der Waals surface area (Å²) < 4.78 is 5.43. The first-order chi connectivity index (χ1) is 6.83. The Hall–Kier alpha value is -1.05. The quantitative estimate of drug-likeness (QED) is 0.403. The van der Waals surface area contributed by atoms with E-state index in [4.69, 9.17) is 9.57 Å². The monoisotopic (exact) mass is 196 g/mol. The molecule has 1 atom stereocenters. The van der Waals surface area contributed by atoms with E-state index in [0.717, 1.165) is 19.7 Å². The molecular weight excluding hydrogens is 180 g/mol. The SMILES string of the molecule is CC#C/C(C)=N\OC[C@H]1CNCCO1. The van der Waals surface area contributed by atoms with Crippen molar-refractivity contribution >= 4 is 5.71 Å². The maximum Gasteiger partial charge on any atom is 0.144 e. The van der Waals surface area contributed by atoms with Crippen molar-refractivity contribution in [1.29, 1.82) is 0 Å². The summed E-state index contributed by atoms with van der Waals surface area (Å²) in [6.45, 7) is 6.55. The van der Waals surface area contributed by atoms with Crippen LogP contribution in [0.4, 0.5) is 0 Å². The molecule has 1 fully saturated rings. The molecule has 0 amide bonds. The highest BCUT2D eigenvalue weighted by Gasteiger charge is 2.13. The molecule has 0 spiro atoms. The number of morpholine rings is 1. The van der Waals surface area contributed by atoms with Crippen molar-refractivity contribution < 1.29 is 9.57 Å². The fourth-order valence-corrected chi connectivity index (χ4v) is 1.15.